The fraction of sp³-hybridized carbons (Fsp3) is 0.727. The first-order valence-corrected chi connectivity index (χ1v) is 6.44. The molecule has 1 fully saturated rings. The molecule has 0 aromatic heterocycles. The van der Waals surface area contributed by atoms with Crippen molar-refractivity contribution < 1.29 is 18.8 Å². The number of nitrogens with two attached hydrogens (primary N) is 2. The molecule has 2 unspecified atom stereocenters. The summed E-state index contributed by atoms with van der Waals surface area (Å²) in [6, 6.07) is -0.465. The quantitative estimate of drug-likeness (QED) is 0.278. The molecule has 10 heteroatoms. The van der Waals surface area contributed by atoms with Crippen molar-refractivity contribution in [3.8, 4) is 0 Å². The standard InChI is InChI=1S/C11H19F2N5O3/c12-10(13)6-16-11(8(5-14)18(20)21)17-3-1-7(15)9(19)2-4-17/h5,7,9-10,19H,1-4,6,14-15H2/b8-5+,16-11?. The summed E-state index contributed by atoms with van der Waals surface area (Å²) >= 11 is 0. The van der Waals surface area contributed by atoms with Gasteiger partial charge in [-0.1, -0.05) is 0 Å². The minimum absolute atomic E-state index is 0.205. The zero-order chi connectivity index (χ0) is 16.0. The van der Waals surface area contributed by atoms with Gasteiger partial charge in [0, 0.05) is 19.1 Å². The first-order valence-electron chi connectivity index (χ1n) is 6.44. The molecule has 0 bridgehead atoms. The van der Waals surface area contributed by atoms with Gasteiger partial charge in [-0.2, -0.15) is 0 Å². The third-order valence-corrected chi connectivity index (χ3v) is 3.18. The largest absolute Gasteiger partial charge is 0.399 e. The van der Waals surface area contributed by atoms with Crippen molar-refractivity contribution >= 4 is 5.84 Å². The number of amidine groups is 1. The summed E-state index contributed by atoms with van der Waals surface area (Å²) in [5.41, 5.74) is 10.4. The molecule has 1 aliphatic heterocycles. The number of aliphatic hydroxyl groups is 1. The lowest BCUT2D eigenvalue weighted by atomic mass is 10.1. The SMILES string of the molecule is N/C=C(\C(=NCC(F)F)N1CCC(N)C(O)CC1)[N+](=O)[O-]. The number of nitro groups is 1. The van der Waals surface area contributed by atoms with Gasteiger partial charge in [-0.3, -0.25) is 15.1 Å². The minimum atomic E-state index is -2.72. The summed E-state index contributed by atoms with van der Waals surface area (Å²) in [7, 11) is 0. The summed E-state index contributed by atoms with van der Waals surface area (Å²) in [5.74, 6) is -0.205. The van der Waals surface area contributed by atoms with Crippen LogP contribution in [0.5, 0.6) is 0 Å². The van der Waals surface area contributed by atoms with Gasteiger partial charge in [0.05, 0.1) is 17.2 Å². The van der Waals surface area contributed by atoms with Gasteiger partial charge in [0.2, 0.25) is 5.84 Å². The summed E-state index contributed by atoms with van der Waals surface area (Å²) in [5, 5.41) is 20.7. The van der Waals surface area contributed by atoms with Gasteiger partial charge in [-0.15, -0.1) is 0 Å². The van der Waals surface area contributed by atoms with Crippen molar-refractivity contribution in [1.82, 2.24) is 4.90 Å². The van der Waals surface area contributed by atoms with Crippen molar-refractivity contribution in [3.05, 3.63) is 22.0 Å². The Morgan fingerprint density at radius 2 is 2.14 bits per heavy atom. The number of rotatable bonds is 4. The van der Waals surface area contributed by atoms with E-state index in [-0.39, 0.29) is 25.3 Å². The van der Waals surface area contributed by atoms with Crippen LogP contribution in [0.25, 0.3) is 0 Å². The Bertz CT molecular complexity index is 418. The Morgan fingerprint density at radius 1 is 1.52 bits per heavy atom. The van der Waals surface area contributed by atoms with Gasteiger partial charge in [-0.25, -0.2) is 8.78 Å². The first kappa shape index (κ1) is 17.2. The van der Waals surface area contributed by atoms with E-state index in [9.17, 15) is 24.0 Å². The number of likely N-dealkylation sites (tertiary alicyclic amines) is 1. The lowest BCUT2D eigenvalue weighted by molar-refractivity contribution is -0.416. The van der Waals surface area contributed by atoms with Crippen LogP contribution in [-0.4, -0.2) is 59.0 Å². The van der Waals surface area contributed by atoms with Crippen LogP contribution in [0.4, 0.5) is 8.78 Å². The number of hydrogen-bond donors (Lipinski definition) is 3. The van der Waals surface area contributed by atoms with Crippen molar-refractivity contribution in [1.29, 1.82) is 0 Å². The van der Waals surface area contributed by atoms with E-state index in [4.69, 9.17) is 11.5 Å². The maximum Gasteiger partial charge on any atom is 0.326 e. The molecule has 0 radical (unpaired) electrons. The highest BCUT2D eigenvalue weighted by Gasteiger charge is 2.29. The van der Waals surface area contributed by atoms with Gasteiger partial charge >= 0.3 is 5.70 Å². The molecule has 120 valence electrons. The Morgan fingerprint density at radius 3 is 2.67 bits per heavy atom. The number of aliphatic imine (C=N–C) groups is 1. The van der Waals surface area contributed by atoms with E-state index in [1.165, 1.54) is 4.90 Å². The maximum absolute atomic E-state index is 12.3. The number of alkyl halides is 2. The number of aliphatic hydroxyl groups excluding tert-OH is 1. The summed E-state index contributed by atoms with van der Waals surface area (Å²) in [6.07, 6.45) is -2.10. The summed E-state index contributed by atoms with van der Waals surface area (Å²) in [6.45, 7) is -0.362. The van der Waals surface area contributed by atoms with Crippen molar-refractivity contribution in [3.63, 3.8) is 0 Å². The van der Waals surface area contributed by atoms with E-state index in [1.807, 2.05) is 0 Å². The second-order valence-corrected chi connectivity index (χ2v) is 4.66. The highest BCUT2D eigenvalue weighted by molar-refractivity contribution is 5.96. The molecule has 0 aliphatic carbocycles. The maximum atomic E-state index is 12.3. The number of halogens is 2. The van der Waals surface area contributed by atoms with Gasteiger partial charge in [0.25, 0.3) is 6.43 Å². The lowest BCUT2D eigenvalue weighted by Crippen LogP contribution is -2.37. The Balaban J connectivity index is 3.01. The molecule has 0 amide bonds. The third-order valence-electron chi connectivity index (χ3n) is 3.18. The minimum Gasteiger partial charge on any atom is -0.399 e. The van der Waals surface area contributed by atoms with E-state index >= 15 is 0 Å². The fourth-order valence-corrected chi connectivity index (χ4v) is 2.04. The van der Waals surface area contributed by atoms with E-state index in [0.29, 0.717) is 6.42 Å². The Kier molecular flexibility index (Phi) is 6.43. The first-order chi connectivity index (χ1) is 9.86. The molecule has 1 saturated heterocycles. The van der Waals surface area contributed by atoms with Gasteiger partial charge in [0.1, 0.15) is 6.54 Å². The second kappa shape index (κ2) is 7.84. The Labute approximate surface area is 120 Å². The van der Waals surface area contributed by atoms with Crippen LogP contribution in [0, 0.1) is 10.1 Å². The lowest BCUT2D eigenvalue weighted by Gasteiger charge is -2.22. The van der Waals surface area contributed by atoms with Gasteiger partial charge < -0.3 is 21.5 Å². The molecule has 0 saturated carbocycles. The summed E-state index contributed by atoms with van der Waals surface area (Å²) in [4.78, 5) is 15.3. The summed E-state index contributed by atoms with van der Waals surface area (Å²) < 4.78 is 24.7. The van der Waals surface area contributed by atoms with E-state index in [0.717, 1.165) is 6.20 Å². The Hall–Kier alpha value is -1.81. The van der Waals surface area contributed by atoms with Crippen LogP contribution < -0.4 is 11.5 Å². The van der Waals surface area contributed by atoms with Gasteiger partial charge in [0.15, 0.2) is 0 Å². The molecule has 8 nitrogen and oxygen atoms in total. The average Bonchev–Trinajstić information content (AvgIpc) is 2.57. The van der Waals surface area contributed by atoms with E-state index in [1.54, 1.807) is 0 Å². The van der Waals surface area contributed by atoms with Crippen LogP contribution in [0.2, 0.25) is 0 Å². The van der Waals surface area contributed by atoms with Crippen molar-refractivity contribution in [2.45, 2.75) is 31.4 Å². The molecule has 1 aliphatic rings. The zero-order valence-electron chi connectivity index (χ0n) is 11.4. The molecule has 0 spiro atoms. The average molecular weight is 307 g/mol. The molecule has 5 N–H and O–H groups in total. The smallest absolute Gasteiger partial charge is 0.326 e. The highest BCUT2D eigenvalue weighted by Crippen LogP contribution is 2.14. The monoisotopic (exact) mass is 307 g/mol. The molecule has 2 atom stereocenters. The third kappa shape index (κ3) is 4.90. The molecular weight excluding hydrogens is 288 g/mol. The van der Waals surface area contributed by atoms with E-state index < -0.39 is 35.7 Å². The molecular formula is C11H19F2N5O3. The van der Waals surface area contributed by atoms with Crippen LogP contribution in [0.1, 0.15) is 12.8 Å². The molecule has 0 aromatic carbocycles. The predicted octanol–water partition coefficient (Wildman–Crippen LogP) is -0.489. The van der Waals surface area contributed by atoms with Crippen LogP contribution >= 0.6 is 0 Å². The fourth-order valence-electron chi connectivity index (χ4n) is 2.04. The number of hydrogen-bond acceptors (Lipinski definition) is 6. The normalized spacial score (nSPS) is 25.1. The second-order valence-electron chi connectivity index (χ2n) is 4.66. The molecule has 1 heterocycles. The molecule has 0 aromatic rings. The van der Waals surface area contributed by atoms with Gasteiger partial charge in [-0.05, 0) is 12.8 Å². The van der Waals surface area contributed by atoms with Crippen LogP contribution in [0.3, 0.4) is 0 Å². The van der Waals surface area contributed by atoms with E-state index in [2.05, 4.69) is 4.99 Å². The predicted molar refractivity (Wildman–Crippen MR) is 72.4 cm³/mol. The van der Waals surface area contributed by atoms with Crippen molar-refractivity contribution in [2.24, 2.45) is 16.5 Å². The van der Waals surface area contributed by atoms with Crippen LogP contribution in [-0.2, 0) is 0 Å². The number of nitrogens with zero attached hydrogens (tertiary/aromatic N) is 3. The zero-order valence-corrected chi connectivity index (χ0v) is 11.4. The van der Waals surface area contributed by atoms with Crippen molar-refractivity contribution in [2.75, 3.05) is 19.6 Å². The topological polar surface area (TPSA) is 131 Å². The molecule has 21 heavy (non-hydrogen) atoms. The van der Waals surface area contributed by atoms with Crippen LogP contribution in [0.15, 0.2) is 16.9 Å². The molecule has 1 rings (SSSR count). The highest BCUT2D eigenvalue weighted by atomic mass is 19.3.